The first-order chi connectivity index (χ1) is 26.0. The molecule has 54 heavy (non-hydrogen) atoms. The van der Waals surface area contributed by atoms with Crippen molar-refractivity contribution in [3.8, 4) is 0 Å². The number of phosphoric ester groups is 1. The van der Waals surface area contributed by atoms with Crippen LogP contribution in [0.1, 0.15) is 138 Å². The minimum atomic E-state index is -4.49. The highest BCUT2D eigenvalue weighted by Crippen LogP contribution is 2.43. The lowest BCUT2D eigenvalue weighted by atomic mass is 10.0. The Hall–Kier alpha value is -3.36. The number of ether oxygens (including phenoxy) is 2. The number of phosphoric acid groups is 1. The van der Waals surface area contributed by atoms with Gasteiger partial charge in [0.05, 0.1) is 19.6 Å². The van der Waals surface area contributed by atoms with Crippen LogP contribution in [-0.4, -0.2) is 84.5 Å². The van der Waals surface area contributed by atoms with Crippen molar-refractivity contribution in [3.63, 3.8) is 0 Å². The van der Waals surface area contributed by atoms with Gasteiger partial charge in [-0.25, -0.2) is 4.57 Å². The Bertz CT molecular complexity index is 1410. The van der Waals surface area contributed by atoms with Crippen molar-refractivity contribution in [2.75, 3.05) is 38.2 Å². The molecule has 0 bridgehead atoms. The highest BCUT2D eigenvalue weighted by atomic mass is 31.2. The fourth-order valence-electron chi connectivity index (χ4n) is 6.52. The molecule has 16 heteroatoms. The summed E-state index contributed by atoms with van der Waals surface area (Å²) in [4.78, 5) is 73.8. The highest BCUT2D eigenvalue weighted by Gasteiger charge is 2.40. The molecule has 1 aromatic carbocycles. The maximum atomic E-state index is 13.1. The molecule has 0 radical (unpaired) electrons. The Morgan fingerprint density at radius 1 is 0.926 bits per heavy atom. The van der Waals surface area contributed by atoms with Gasteiger partial charge in [-0.2, -0.15) is 0 Å². The Morgan fingerprint density at radius 3 is 2.20 bits per heavy atom. The van der Waals surface area contributed by atoms with E-state index in [2.05, 4.69) is 17.6 Å². The summed E-state index contributed by atoms with van der Waals surface area (Å²) < 4.78 is 32.7. The summed E-state index contributed by atoms with van der Waals surface area (Å²) in [5, 5.41) is 5.42. The molecule has 0 aliphatic carbocycles. The molecule has 3 atom stereocenters. The summed E-state index contributed by atoms with van der Waals surface area (Å²) in [6.45, 7) is 1.33. The van der Waals surface area contributed by atoms with Crippen LogP contribution in [0.2, 0.25) is 0 Å². The van der Waals surface area contributed by atoms with Crippen LogP contribution in [-0.2, 0) is 48.8 Å². The molecule has 0 saturated carbocycles. The molecule has 304 valence electrons. The summed E-state index contributed by atoms with van der Waals surface area (Å²) >= 11 is 0. The van der Waals surface area contributed by atoms with E-state index in [1.165, 1.54) is 69.1 Å². The van der Waals surface area contributed by atoms with Crippen LogP contribution < -0.4 is 16.4 Å². The minimum Gasteiger partial charge on any atom is -0.462 e. The minimum absolute atomic E-state index is 0.00999. The molecule has 2 aliphatic rings. The third kappa shape index (κ3) is 16.6. The summed E-state index contributed by atoms with van der Waals surface area (Å²) in [6.07, 6.45) is 16.0. The fourth-order valence-corrected chi connectivity index (χ4v) is 7.28. The summed E-state index contributed by atoms with van der Waals surface area (Å²) in [6, 6.07) is 4.34. The van der Waals surface area contributed by atoms with Gasteiger partial charge < -0.3 is 30.3 Å². The van der Waals surface area contributed by atoms with Gasteiger partial charge in [-0.3, -0.25) is 38.3 Å². The van der Waals surface area contributed by atoms with Gasteiger partial charge in [-0.05, 0) is 25.0 Å². The van der Waals surface area contributed by atoms with Crippen molar-refractivity contribution in [1.82, 2.24) is 10.2 Å². The predicted molar refractivity (Wildman–Crippen MR) is 202 cm³/mol. The molecule has 1 saturated heterocycles. The van der Waals surface area contributed by atoms with Crippen molar-refractivity contribution in [1.29, 1.82) is 0 Å². The highest BCUT2D eigenvalue weighted by molar-refractivity contribution is 7.47. The van der Waals surface area contributed by atoms with E-state index < -0.39 is 44.4 Å². The fraction of sp³-hybridized carbons (Fsp3) is 0.711. The number of rotatable bonds is 29. The SMILES string of the molecule is CCCCCCCCCCCCCCCCC(=O)OCC(COP(=O)(O)OCCN)OC(=O)CCNc1cccc2c1CN([C@@H]1CCC(=O)NC1=O)C2=O. The molecule has 2 heterocycles. The molecule has 5 N–H and O–H groups in total. The van der Waals surface area contributed by atoms with Gasteiger partial charge in [0.2, 0.25) is 11.8 Å². The number of nitrogens with one attached hydrogen (secondary N) is 2. The van der Waals surface area contributed by atoms with E-state index in [0.717, 1.165) is 19.3 Å². The van der Waals surface area contributed by atoms with Crippen LogP contribution in [0.3, 0.4) is 0 Å². The van der Waals surface area contributed by atoms with Crippen molar-refractivity contribution in [3.05, 3.63) is 29.3 Å². The molecule has 0 spiro atoms. The van der Waals surface area contributed by atoms with E-state index in [-0.39, 0.29) is 70.3 Å². The second kappa shape index (κ2) is 24.9. The quantitative estimate of drug-likeness (QED) is 0.0335. The van der Waals surface area contributed by atoms with Gasteiger partial charge in [0.25, 0.3) is 5.91 Å². The number of nitrogens with zero attached hydrogens (tertiary/aromatic N) is 1. The molecule has 15 nitrogen and oxygen atoms in total. The number of amides is 3. The third-order valence-corrected chi connectivity index (χ3v) is 10.5. The maximum Gasteiger partial charge on any atom is 0.472 e. The predicted octanol–water partition coefficient (Wildman–Crippen LogP) is 5.67. The van der Waals surface area contributed by atoms with E-state index in [1.807, 2.05) is 0 Å². The van der Waals surface area contributed by atoms with E-state index in [1.54, 1.807) is 18.2 Å². The lowest BCUT2D eigenvalue weighted by Gasteiger charge is -2.29. The van der Waals surface area contributed by atoms with Gasteiger partial charge >= 0.3 is 19.8 Å². The maximum absolute atomic E-state index is 13.1. The van der Waals surface area contributed by atoms with Crippen LogP contribution >= 0.6 is 7.82 Å². The van der Waals surface area contributed by atoms with Crippen LogP contribution in [0.15, 0.2) is 18.2 Å². The molecule has 2 aliphatic heterocycles. The smallest absolute Gasteiger partial charge is 0.462 e. The zero-order chi connectivity index (χ0) is 39.2. The number of piperidine rings is 1. The monoisotopic (exact) mass is 780 g/mol. The number of fused-ring (bicyclic) bond motifs is 1. The first kappa shape index (κ1) is 45.0. The van der Waals surface area contributed by atoms with E-state index >= 15 is 0 Å². The Morgan fingerprint density at radius 2 is 1.57 bits per heavy atom. The van der Waals surface area contributed by atoms with Gasteiger partial charge in [0, 0.05) is 49.3 Å². The van der Waals surface area contributed by atoms with Crippen molar-refractivity contribution < 1.29 is 52.0 Å². The van der Waals surface area contributed by atoms with Crippen LogP contribution in [0.25, 0.3) is 0 Å². The van der Waals surface area contributed by atoms with Crippen molar-refractivity contribution in [2.45, 2.75) is 141 Å². The largest absolute Gasteiger partial charge is 0.472 e. The molecule has 3 amide bonds. The molecule has 1 aromatic rings. The summed E-state index contributed by atoms with van der Waals surface area (Å²) in [5.74, 6) is -2.36. The summed E-state index contributed by atoms with van der Waals surface area (Å²) in [5.41, 5.74) is 7.01. The Kier molecular flexibility index (Phi) is 20.8. The summed E-state index contributed by atoms with van der Waals surface area (Å²) in [7, 11) is -4.49. The molecular weight excluding hydrogens is 719 g/mol. The molecule has 0 aromatic heterocycles. The van der Waals surface area contributed by atoms with E-state index in [4.69, 9.17) is 24.3 Å². The lowest BCUT2D eigenvalue weighted by molar-refractivity contribution is -0.161. The number of hydrogen-bond acceptors (Lipinski definition) is 12. The number of imide groups is 1. The topological polar surface area (TPSA) is 213 Å². The van der Waals surface area contributed by atoms with Gasteiger partial charge in [-0.1, -0.05) is 96.5 Å². The van der Waals surface area contributed by atoms with Crippen LogP contribution in [0, 0.1) is 0 Å². The van der Waals surface area contributed by atoms with Crippen LogP contribution in [0.5, 0.6) is 0 Å². The van der Waals surface area contributed by atoms with E-state index in [9.17, 15) is 33.4 Å². The zero-order valence-corrected chi connectivity index (χ0v) is 32.8. The number of hydrogen-bond donors (Lipinski definition) is 4. The number of carbonyl (C=O) groups is 5. The van der Waals surface area contributed by atoms with E-state index in [0.29, 0.717) is 23.2 Å². The third-order valence-electron chi connectivity index (χ3n) is 9.49. The van der Waals surface area contributed by atoms with Crippen LogP contribution in [0.4, 0.5) is 5.69 Å². The second-order valence-electron chi connectivity index (χ2n) is 13.9. The molecule has 3 rings (SSSR count). The zero-order valence-electron chi connectivity index (χ0n) is 31.9. The number of nitrogens with two attached hydrogens (primary N) is 1. The Balaban J connectivity index is 1.39. The van der Waals surface area contributed by atoms with Crippen molar-refractivity contribution in [2.24, 2.45) is 5.73 Å². The standard InChI is InChI=1S/C38H61N4O11P/c1-2-3-4-5-6-7-8-9-10-11-12-13-14-15-19-35(44)50-27-29(28-52-54(48,49)51-25-23-39)53-36(45)22-24-40-32-18-16-17-30-31(32)26-42(38(30)47)33-20-21-34(43)41-37(33)46/h16-18,29,33,40H,2-15,19-28,39H2,1H3,(H,48,49)(H,41,43,46)/t29?,33-/m1/s1. The van der Waals surface area contributed by atoms with Gasteiger partial charge in [0.15, 0.2) is 6.10 Å². The second-order valence-corrected chi connectivity index (χ2v) is 15.4. The molecule has 1 fully saturated rings. The average Bonchev–Trinajstić information content (AvgIpc) is 3.48. The average molecular weight is 781 g/mol. The Labute approximate surface area is 319 Å². The van der Waals surface area contributed by atoms with Gasteiger partial charge in [0.1, 0.15) is 12.6 Å². The first-order valence-corrected chi connectivity index (χ1v) is 21.2. The van der Waals surface area contributed by atoms with Crippen molar-refractivity contribution >= 4 is 43.2 Å². The number of benzene rings is 1. The number of carbonyl (C=O) groups excluding carboxylic acids is 5. The number of anilines is 1. The normalized spacial score (nSPS) is 17.1. The number of unbranched alkanes of at least 4 members (excludes halogenated alkanes) is 13. The van der Waals surface area contributed by atoms with Gasteiger partial charge in [-0.15, -0.1) is 0 Å². The molecule has 2 unspecified atom stereocenters. The lowest BCUT2D eigenvalue weighted by Crippen LogP contribution is -2.52. The first-order valence-electron chi connectivity index (χ1n) is 19.7. The number of esters is 2. The molecular formula is C38H61N4O11P.